The number of pyridine rings is 1. The Bertz CT molecular complexity index is 957. The van der Waals surface area contributed by atoms with E-state index in [9.17, 15) is 14.4 Å². The van der Waals surface area contributed by atoms with Crippen molar-refractivity contribution in [2.24, 2.45) is 5.92 Å². The van der Waals surface area contributed by atoms with E-state index in [4.69, 9.17) is 4.42 Å². The van der Waals surface area contributed by atoms with Crippen molar-refractivity contribution in [3.05, 3.63) is 66.0 Å². The Morgan fingerprint density at radius 1 is 1.24 bits per heavy atom. The molecular weight excluding hydrogens is 374 g/mol. The minimum atomic E-state index is -0.628. The summed E-state index contributed by atoms with van der Waals surface area (Å²) in [5.41, 5.74) is 1.20. The van der Waals surface area contributed by atoms with Gasteiger partial charge in [0, 0.05) is 33.0 Å². The summed E-state index contributed by atoms with van der Waals surface area (Å²) in [4.78, 5) is 46.5. The van der Waals surface area contributed by atoms with Crippen LogP contribution in [0.4, 0.5) is 4.79 Å². The van der Waals surface area contributed by atoms with Crippen molar-refractivity contribution in [3.8, 4) is 0 Å². The number of nitrogens with zero attached hydrogens (tertiary/aromatic N) is 4. The molecule has 0 radical (unpaired) electrons. The smallest absolute Gasteiger partial charge is 0.327 e. The molecule has 2 unspecified atom stereocenters. The number of amides is 4. The lowest BCUT2D eigenvalue weighted by molar-refractivity contribution is -0.137. The number of fused-ring (bicyclic) bond motifs is 1. The molecule has 2 aliphatic rings. The second-order valence-electron chi connectivity index (χ2n) is 7.03. The minimum Gasteiger partial charge on any atom is -0.467 e. The average Bonchev–Trinajstić information content (AvgIpc) is 3.38. The number of nitrogens with one attached hydrogen (secondary N) is 1. The van der Waals surface area contributed by atoms with E-state index < -0.39 is 18.1 Å². The van der Waals surface area contributed by atoms with Gasteiger partial charge >= 0.3 is 6.03 Å². The van der Waals surface area contributed by atoms with Crippen LogP contribution < -0.4 is 5.32 Å². The summed E-state index contributed by atoms with van der Waals surface area (Å²) < 4.78 is 5.43. The van der Waals surface area contributed by atoms with E-state index in [1.165, 1.54) is 11.9 Å². The van der Waals surface area contributed by atoms with Crippen LogP contribution >= 0.6 is 0 Å². The molecule has 0 bridgehead atoms. The second kappa shape index (κ2) is 7.42. The molecule has 2 aliphatic heterocycles. The van der Waals surface area contributed by atoms with Gasteiger partial charge in [-0.25, -0.2) is 4.79 Å². The number of rotatable bonds is 5. The van der Waals surface area contributed by atoms with Crippen LogP contribution in [0.5, 0.6) is 0 Å². The van der Waals surface area contributed by atoms with Crippen molar-refractivity contribution < 1.29 is 18.8 Å². The quantitative estimate of drug-likeness (QED) is 0.816. The van der Waals surface area contributed by atoms with Crippen molar-refractivity contribution in [1.29, 1.82) is 0 Å². The molecule has 29 heavy (non-hydrogen) atoms. The number of hydrogen-bond donors (Lipinski definition) is 1. The zero-order valence-electron chi connectivity index (χ0n) is 16.1. The van der Waals surface area contributed by atoms with Crippen molar-refractivity contribution in [3.63, 3.8) is 0 Å². The number of urea groups is 1. The number of furan rings is 1. The van der Waals surface area contributed by atoms with Crippen LogP contribution in [0.2, 0.25) is 0 Å². The third-order valence-electron chi connectivity index (χ3n) is 5.20. The summed E-state index contributed by atoms with van der Waals surface area (Å²) in [6, 6.07) is 6.79. The monoisotopic (exact) mass is 395 g/mol. The summed E-state index contributed by atoms with van der Waals surface area (Å²) in [5.74, 6) is -0.663. The molecule has 1 saturated heterocycles. The molecule has 9 heteroatoms. The molecule has 4 heterocycles. The lowest BCUT2D eigenvalue weighted by Crippen LogP contribution is -2.61. The van der Waals surface area contributed by atoms with Gasteiger partial charge in [-0.2, -0.15) is 0 Å². The molecule has 1 N–H and O–H groups in total. The molecule has 1 fully saturated rings. The zero-order chi connectivity index (χ0) is 20.5. The summed E-state index contributed by atoms with van der Waals surface area (Å²) >= 11 is 0. The van der Waals surface area contributed by atoms with E-state index in [1.54, 1.807) is 54.9 Å². The number of hydrogen-bond acceptors (Lipinski definition) is 6. The SMILES string of the molecule is CN1C(=O)C2C=C(C(=O)NCc3cccnc3)N(Cc3ccco3)C2N(C)C1=O. The molecule has 2 aromatic rings. The normalized spacial score (nSPS) is 21.3. The van der Waals surface area contributed by atoms with Crippen LogP contribution in [0, 0.1) is 5.92 Å². The Morgan fingerprint density at radius 2 is 2.07 bits per heavy atom. The fraction of sp³-hybridized carbons (Fsp3) is 0.300. The summed E-state index contributed by atoms with van der Waals surface area (Å²) in [5, 5.41) is 2.86. The Balaban J connectivity index is 1.61. The maximum atomic E-state index is 13.0. The van der Waals surface area contributed by atoms with Crippen molar-refractivity contribution in [1.82, 2.24) is 25.0 Å². The fourth-order valence-corrected chi connectivity index (χ4v) is 3.74. The predicted molar refractivity (Wildman–Crippen MR) is 102 cm³/mol. The van der Waals surface area contributed by atoms with Gasteiger partial charge < -0.3 is 19.5 Å². The Kier molecular flexibility index (Phi) is 4.79. The average molecular weight is 395 g/mol. The third-order valence-corrected chi connectivity index (χ3v) is 5.20. The molecular formula is C20H21N5O4. The highest BCUT2D eigenvalue weighted by Gasteiger charge is 2.50. The molecule has 0 spiro atoms. The van der Waals surface area contributed by atoms with Gasteiger partial charge in [0.05, 0.1) is 18.7 Å². The van der Waals surface area contributed by atoms with Gasteiger partial charge in [-0.1, -0.05) is 6.07 Å². The Labute approximate surface area is 167 Å². The van der Waals surface area contributed by atoms with Crippen LogP contribution in [0.3, 0.4) is 0 Å². The molecule has 2 aromatic heterocycles. The van der Waals surface area contributed by atoms with Gasteiger partial charge in [-0.05, 0) is 29.8 Å². The van der Waals surface area contributed by atoms with Crippen molar-refractivity contribution >= 4 is 17.8 Å². The van der Waals surface area contributed by atoms with E-state index in [0.29, 0.717) is 18.0 Å². The highest BCUT2D eigenvalue weighted by Crippen LogP contribution is 2.35. The number of aromatic nitrogens is 1. The highest BCUT2D eigenvalue weighted by atomic mass is 16.3. The Morgan fingerprint density at radius 3 is 2.76 bits per heavy atom. The van der Waals surface area contributed by atoms with Crippen molar-refractivity contribution in [2.45, 2.75) is 19.3 Å². The van der Waals surface area contributed by atoms with Crippen LogP contribution in [0.15, 0.2) is 59.1 Å². The van der Waals surface area contributed by atoms with Gasteiger partial charge in [-0.15, -0.1) is 0 Å². The molecule has 4 rings (SSSR count). The molecule has 2 atom stereocenters. The first-order valence-electron chi connectivity index (χ1n) is 9.19. The van der Waals surface area contributed by atoms with Gasteiger partial charge in [-0.3, -0.25) is 19.5 Å². The van der Waals surface area contributed by atoms with Gasteiger partial charge in [0.1, 0.15) is 17.6 Å². The van der Waals surface area contributed by atoms with Crippen LogP contribution in [-0.4, -0.2) is 57.8 Å². The Hall–Kier alpha value is -3.62. The summed E-state index contributed by atoms with van der Waals surface area (Å²) in [6.45, 7) is 0.561. The van der Waals surface area contributed by atoms with E-state index in [2.05, 4.69) is 10.3 Å². The maximum Gasteiger partial charge on any atom is 0.327 e. The third kappa shape index (κ3) is 3.35. The summed E-state index contributed by atoms with van der Waals surface area (Å²) in [6.07, 6.45) is 5.93. The highest BCUT2D eigenvalue weighted by molar-refractivity contribution is 6.02. The van der Waals surface area contributed by atoms with E-state index in [0.717, 1.165) is 10.5 Å². The molecule has 4 amide bonds. The van der Waals surface area contributed by atoms with Gasteiger partial charge in [0.15, 0.2) is 0 Å². The van der Waals surface area contributed by atoms with Gasteiger partial charge in [0.2, 0.25) is 5.91 Å². The molecule has 0 aliphatic carbocycles. The van der Waals surface area contributed by atoms with E-state index in [1.807, 2.05) is 6.07 Å². The van der Waals surface area contributed by atoms with Crippen LogP contribution in [-0.2, 0) is 22.7 Å². The minimum absolute atomic E-state index is 0.259. The lowest BCUT2D eigenvalue weighted by atomic mass is 10.0. The molecule has 9 nitrogen and oxygen atoms in total. The topological polar surface area (TPSA) is 99.0 Å². The van der Waals surface area contributed by atoms with Crippen LogP contribution in [0.1, 0.15) is 11.3 Å². The van der Waals surface area contributed by atoms with Crippen molar-refractivity contribution in [2.75, 3.05) is 14.1 Å². The number of imide groups is 1. The maximum absolute atomic E-state index is 13.0. The first-order chi connectivity index (χ1) is 14.0. The standard InChI is InChI=1S/C20H21N5O4/c1-23-18-15(19(27)24(2)20(23)28)9-16(25(18)12-14-6-4-8-29-14)17(26)22-11-13-5-3-7-21-10-13/h3-10,15,18H,11-12H2,1-2H3,(H,22,26). The predicted octanol–water partition coefficient (Wildman–Crippen LogP) is 1.16. The largest absolute Gasteiger partial charge is 0.467 e. The number of carbonyl (C=O) groups is 3. The first kappa shape index (κ1) is 18.7. The molecule has 0 aromatic carbocycles. The molecule has 150 valence electrons. The summed E-state index contributed by atoms with van der Waals surface area (Å²) in [7, 11) is 3.07. The zero-order valence-corrected chi connectivity index (χ0v) is 16.1. The van der Waals surface area contributed by atoms with Crippen LogP contribution in [0.25, 0.3) is 0 Å². The van der Waals surface area contributed by atoms with Gasteiger partial charge in [0.25, 0.3) is 5.91 Å². The second-order valence-corrected chi connectivity index (χ2v) is 7.03. The van der Waals surface area contributed by atoms with E-state index >= 15 is 0 Å². The van der Waals surface area contributed by atoms with E-state index in [-0.39, 0.29) is 18.4 Å². The first-order valence-corrected chi connectivity index (χ1v) is 9.19. The fourth-order valence-electron chi connectivity index (χ4n) is 3.74. The lowest BCUT2D eigenvalue weighted by Gasteiger charge is -2.42. The number of carbonyl (C=O) groups excluding carboxylic acids is 3. The molecule has 0 saturated carbocycles.